The first-order valence-corrected chi connectivity index (χ1v) is 7.73. The van der Waals surface area contributed by atoms with E-state index in [1.165, 1.54) is 12.1 Å². The average molecular weight is 405 g/mol. The second-order valence-electron chi connectivity index (χ2n) is 5.39. The number of nitrogens with zero attached hydrogens (tertiary/aromatic N) is 2. The van der Waals surface area contributed by atoms with E-state index in [9.17, 15) is 9.59 Å². The smallest absolute Gasteiger partial charge is 0.354 e. The number of carbonyl (C=O) groups is 2. The first-order valence-electron chi connectivity index (χ1n) is 7.73. The molecule has 0 saturated heterocycles. The molecule has 0 amide bonds. The van der Waals surface area contributed by atoms with Crippen molar-refractivity contribution in [3.05, 3.63) is 84.2 Å². The standard InChI is InChI=1S/2C10H7NO2.Co/c2*12-10(13)9-6-5-7-3-1-2-4-8(7)11-9;/h2*1-6H,(H,12,13);. The number of carboxylic acid groups (broad SMARTS) is 2. The van der Waals surface area contributed by atoms with E-state index in [2.05, 4.69) is 9.97 Å². The summed E-state index contributed by atoms with van der Waals surface area (Å²) in [6.45, 7) is 0. The molecule has 2 heterocycles. The van der Waals surface area contributed by atoms with Crippen molar-refractivity contribution < 1.29 is 36.6 Å². The normalized spacial score (nSPS) is 9.78. The number of hydrogen-bond acceptors (Lipinski definition) is 4. The Morgan fingerprint density at radius 1 is 0.593 bits per heavy atom. The molecule has 0 bridgehead atoms. The molecule has 0 unspecified atom stereocenters. The van der Waals surface area contributed by atoms with Crippen LogP contribution < -0.4 is 0 Å². The summed E-state index contributed by atoms with van der Waals surface area (Å²) in [6.07, 6.45) is 0. The molecule has 2 aromatic carbocycles. The topological polar surface area (TPSA) is 100 Å². The zero-order valence-electron chi connectivity index (χ0n) is 13.9. The summed E-state index contributed by atoms with van der Waals surface area (Å²) < 4.78 is 0. The molecule has 6 nitrogen and oxygen atoms in total. The number of pyridine rings is 2. The summed E-state index contributed by atoms with van der Waals surface area (Å²) in [5.74, 6) is -1.99. The molecule has 0 aliphatic rings. The molecule has 2 N–H and O–H groups in total. The van der Waals surface area contributed by atoms with Crippen molar-refractivity contribution in [3.8, 4) is 0 Å². The molecule has 0 spiro atoms. The number of para-hydroxylation sites is 2. The zero-order chi connectivity index (χ0) is 18.5. The third-order valence-electron chi connectivity index (χ3n) is 3.64. The van der Waals surface area contributed by atoms with E-state index in [-0.39, 0.29) is 28.2 Å². The Bertz CT molecular complexity index is 1030. The van der Waals surface area contributed by atoms with E-state index in [0.29, 0.717) is 11.0 Å². The minimum atomic E-state index is -0.995. The zero-order valence-corrected chi connectivity index (χ0v) is 14.9. The van der Waals surface area contributed by atoms with E-state index >= 15 is 0 Å². The van der Waals surface area contributed by atoms with Crippen LogP contribution in [0.15, 0.2) is 72.8 Å². The molecule has 4 aromatic rings. The van der Waals surface area contributed by atoms with Crippen LogP contribution in [0.5, 0.6) is 0 Å². The van der Waals surface area contributed by atoms with Gasteiger partial charge in [0.1, 0.15) is 11.4 Å². The Balaban J connectivity index is 0.000000187. The molecule has 2 aromatic heterocycles. The fraction of sp³-hybridized carbons (Fsp3) is 0. The number of hydrogen-bond donors (Lipinski definition) is 2. The van der Waals surface area contributed by atoms with Crippen LogP contribution in [-0.4, -0.2) is 32.1 Å². The monoisotopic (exact) mass is 405 g/mol. The number of benzene rings is 2. The Labute approximate surface area is 164 Å². The summed E-state index contributed by atoms with van der Waals surface area (Å²) in [6, 6.07) is 21.4. The SMILES string of the molecule is O=C(O)c1ccc2ccccc2n1.O=C(O)c1ccc2ccccc2n1.[Co]. The van der Waals surface area contributed by atoms with Crippen LogP contribution in [0.2, 0.25) is 0 Å². The van der Waals surface area contributed by atoms with Crippen molar-refractivity contribution in [1.29, 1.82) is 0 Å². The Morgan fingerprint density at radius 3 is 1.33 bits per heavy atom. The quantitative estimate of drug-likeness (QED) is 0.525. The number of carboxylic acids is 2. The largest absolute Gasteiger partial charge is 0.477 e. The number of fused-ring (bicyclic) bond motifs is 2. The average Bonchev–Trinajstić information content (AvgIpc) is 2.67. The van der Waals surface area contributed by atoms with Gasteiger partial charge in [-0.05, 0) is 24.3 Å². The molecular formula is C20H14CoN2O4. The van der Waals surface area contributed by atoms with E-state index < -0.39 is 11.9 Å². The van der Waals surface area contributed by atoms with Crippen LogP contribution in [0.1, 0.15) is 21.0 Å². The number of rotatable bonds is 2. The third kappa shape index (κ3) is 4.87. The van der Waals surface area contributed by atoms with Crippen LogP contribution in [0.3, 0.4) is 0 Å². The van der Waals surface area contributed by atoms with Crippen molar-refractivity contribution in [2.24, 2.45) is 0 Å². The first kappa shape index (κ1) is 20.0. The van der Waals surface area contributed by atoms with Crippen molar-refractivity contribution >= 4 is 33.7 Å². The second kappa shape index (κ2) is 8.88. The first-order chi connectivity index (χ1) is 12.5. The van der Waals surface area contributed by atoms with E-state index in [0.717, 1.165) is 10.8 Å². The summed E-state index contributed by atoms with van der Waals surface area (Å²) in [4.78, 5) is 29.1. The van der Waals surface area contributed by atoms with E-state index in [1.807, 2.05) is 36.4 Å². The molecule has 0 fully saturated rings. The molecule has 0 saturated carbocycles. The summed E-state index contributed by atoms with van der Waals surface area (Å²) in [7, 11) is 0. The van der Waals surface area contributed by atoms with Gasteiger partial charge in [-0.15, -0.1) is 0 Å². The molecule has 7 heteroatoms. The molecular weight excluding hydrogens is 391 g/mol. The Morgan fingerprint density at radius 2 is 0.963 bits per heavy atom. The van der Waals surface area contributed by atoms with Gasteiger partial charge in [-0.1, -0.05) is 48.5 Å². The van der Waals surface area contributed by atoms with Gasteiger partial charge in [-0.25, -0.2) is 19.6 Å². The van der Waals surface area contributed by atoms with Gasteiger partial charge in [0, 0.05) is 27.6 Å². The molecule has 0 aliphatic carbocycles. The second-order valence-corrected chi connectivity index (χ2v) is 5.39. The van der Waals surface area contributed by atoms with Crippen LogP contribution in [0.4, 0.5) is 0 Å². The molecule has 27 heavy (non-hydrogen) atoms. The molecule has 1 radical (unpaired) electrons. The van der Waals surface area contributed by atoms with Crippen LogP contribution in [-0.2, 0) is 16.8 Å². The van der Waals surface area contributed by atoms with Gasteiger partial charge >= 0.3 is 11.9 Å². The van der Waals surface area contributed by atoms with Gasteiger partial charge in [-0.2, -0.15) is 0 Å². The van der Waals surface area contributed by atoms with Crippen LogP contribution in [0, 0.1) is 0 Å². The summed E-state index contributed by atoms with van der Waals surface area (Å²) in [5, 5.41) is 19.3. The van der Waals surface area contributed by atoms with Gasteiger partial charge < -0.3 is 10.2 Å². The maximum absolute atomic E-state index is 10.6. The van der Waals surface area contributed by atoms with E-state index in [1.54, 1.807) is 24.3 Å². The fourth-order valence-corrected chi connectivity index (χ4v) is 2.37. The van der Waals surface area contributed by atoms with Gasteiger partial charge in [-0.3, -0.25) is 0 Å². The molecule has 0 atom stereocenters. The van der Waals surface area contributed by atoms with Gasteiger partial charge in [0.05, 0.1) is 11.0 Å². The summed E-state index contributed by atoms with van der Waals surface area (Å²) >= 11 is 0. The van der Waals surface area contributed by atoms with Crippen LogP contribution >= 0.6 is 0 Å². The van der Waals surface area contributed by atoms with Crippen molar-refractivity contribution in [2.75, 3.05) is 0 Å². The maximum Gasteiger partial charge on any atom is 0.354 e. The van der Waals surface area contributed by atoms with Crippen molar-refractivity contribution in [3.63, 3.8) is 0 Å². The third-order valence-corrected chi connectivity index (χ3v) is 3.64. The minimum absolute atomic E-state index is 0. The molecule has 137 valence electrons. The van der Waals surface area contributed by atoms with E-state index in [4.69, 9.17) is 10.2 Å². The Hall–Kier alpha value is -3.29. The predicted molar refractivity (Wildman–Crippen MR) is 97.4 cm³/mol. The van der Waals surface area contributed by atoms with Crippen molar-refractivity contribution in [1.82, 2.24) is 9.97 Å². The predicted octanol–water partition coefficient (Wildman–Crippen LogP) is 3.86. The Kier molecular flexibility index (Phi) is 6.59. The molecule has 0 aliphatic heterocycles. The fourth-order valence-electron chi connectivity index (χ4n) is 2.37. The van der Waals surface area contributed by atoms with Crippen molar-refractivity contribution in [2.45, 2.75) is 0 Å². The molecule has 4 rings (SSSR count). The van der Waals surface area contributed by atoms with Gasteiger partial charge in [0.2, 0.25) is 0 Å². The number of aromatic carboxylic acids is 2. The summed E-state index contributed by atoms with van der Waals surface area (Å²) in [5.41, 5.74) is 1.59. The minimum Gasteiger partial charge on any atom is -0.477 e. The number of aromatic nitrogens is 2. The maximum atomic E-state index is 10.6. The van der Waals surface area contributed by atoms with Gasteiger partial charge in [0.25, 0.3) is 0 Å². The van der Waals surface area contributed by atoms with Crippen LogP contribution in [0.25, 0.3) is 21.8 Å². The van der Waals surface area contributed by atoms with Gasteiger partial charge in [0.15, 0.2) is 0 Å².